The Morgan fingerprint density at radius 1 is 1.54 bits per heavy atom. The van der Waals surface area contributed by atoms with Gasteiger partial charge in [0, 0.05) is 11.1 Å². The molecule has 0 unspecified atom stereocenters. The van der Waals surface area contributed by atoms with Crippen LogP contribution in [0.2, 0.25) is 0 Å². The van der Waals surface area contributed by atoms with E-state index in [1.807, 2.05) is 12.1 Å². The number of benzene rings is 1. The number of carbonyl (C=O) groups is 1. The van der Waals surface area contributed by atoms with Gasteiger partial charge in [0.05, 0.1) is 5.69 Å². The van der Waals surface area contributed by atoms with Gasteiger partial charge in [0.15, 0.2) is 5.78 Å². The van der Waals surface area contributed by atoms with E-state index in [9.17, 15) is 4.79 Å². The number of para-hydroxylation sites is 1. The Balaban J connectivity index is 3.43. The molecule has 0 saturated carbocycles. The number of carbonyl (C=O) groups excluding carboxylic acids is 1. The van der Waals surface area contributed by atoms with Crippen molar-refractivity contribution in [3.05, 3.63) is 35.9 Å². The number of hydrogen-bond donors (Lipinski definition) is 0. The molecular formula is C11H11NO. The lowest BCUT2D eigenvalue weighted by Crippen LogP contribution is -1.93. The first kappa shape index (κ1) is 9.39. The lowest BCUT2D eigenvalue weighted by Gasteiger charge is -2.04. The van der Waals surface area contributed by atoms with Crippen molar-refractivity contribution in [3.8, 4) is 0 Å². The van der Waals surface area contributed by atoms with Crippen LogP contribution in [0.1, 0.15) is 22.8 Å². The van der Waals surface area contributed by atoms with Crippen LogP contribution < -0.4 is 0 Å². The van der Waals surface area contributed by atoms with Crippen LogP contribution in [0.3, 0.4) is 0 Å². The van der Waals surface area contributed by atoms with Gasteiger partial charge in [-0.3, -0.25) is 9.79 Å². The van der Waals surface area contributed by atoms with Crippen LogP contribution in [0, 0.1) is 0 Å². The van der Waals surface area contributed by atoms with Gasteiger partial charge < -0.3 is 0 Å². The van der Waals surface area contributed by atoms with Gasteiger partial charge in [-0.25, -0.2) is 0 Å². The van der Waals surface area contributed by atoms with Crippen molar-refractivity contribution in [2.75, 3.05) is 0 Å². The Morgan fingerprint density at radius 3 is 2.69 bits per heavy atom. The largest absolute Gasteiger partial charge is 0.294 e. The maximum absolute atomic E-state index is 11.2. The second kappa shape index (κ2) is 3.81. The second-order valence-corrected chi connectivity index (χ2v) is 2.66. The maximum Gasteiger partial charge on any atom is 0.161 e. The van der Waals surface area contributed by atoms with E-state index < -0.39 is 0 Å². The Morgan fingerprint density at radius 2 is 2.23 bits per heavy atom. The highest BCUT2D eigenvalue weighted by Crippen LogP contribution is 2.25. The zero-order valence-electron chi connectivity index (χ0n) is 7.58. The van der Waals surface area contributed by atoms with E-state index in [1.165, 1.54) is 6.92 Å². The molecule has 1 aromatic carbocycles. The first-order valence-electron chi connectivity index (χ1n) is 3.93. The van der Waals surface area contributed by atoms with E-state index in [1.54, 1.807) is 12.1 Å². The molecule has 0 atom stereocenters. The van der Waals surface area contributed by atoms with E-state index in [0.717, 1.165) is 5.56 Å². The molecule has 2 heteroatoms. The van der Waals surface area contributed by atoms with E-state index in [2.05, 4.69) is 18.3 Å². The predicted molar refractivity (Wildman–Crippen MR) is 55.7 cm³/mol. The summed E-state index contributed by atoms with van der Waals surface area (Å²) >= 11 is 0. The molecule has 0 saturated heterocycles. The summed E-state index contributed by atoms with van der Waals surface area (Å²) in [4.78, 5) is 15.0. The summed E-state index contributed by atoms with van der Waals surface area (Å²) in [5.41, 5.74) is 2.04. The van der Waals surface area contributed by atoms with Crippen LogP contribution in [0.5, 0.6) is 0 Å². The van der Waals surface area contributed by atoms with E-state index in [-0.39, 0.29) is 5.78 Å². The standard InChI is InChI=1S/C11H11NO/c1-4-9-6-5-7-10(8(2)13)11(9)12-3/h4-7H,1,3H2,2H3. The van der Waals surface area contributed by atoms with E-state index in [4.69, 9.17) is 0 Å². The van der Waals surface area contributed by atoms with E-state index >= 15 is 0 Å². The molecular weight excluding hydrogens is 162 g/mol. The molecule has 0 aliphatic rings. The first-order valence-corrected chi connectivity index (χ1v) is 3.93. The van der Waals surface area contributed by atoms with Crippen LogP contribution in [0.4, 0.5) is 5.69 Å². The molecule has 0 fully saturated rings. The summed E-state index contributed by atoms with van der Waals surface area (Å²) in [6.45, 7) is 8.58. The van der Waals surface area contributed by atoms with Crippen molar-refractivity contribution in [1.82, 2.24) is 0 Å². The zero-order valence-corrected chi connectivity index (χ0v) is 7.58. The summed E-state index contributed by atoms with van der Waals surface area (Å²) in [7, 11) is 0. The summed E-state index contributed by atoms with van der Waals surface area (Å²) in [6, 6.07) is 5.39. The molecule has 0 aliphatic heterocycles. The molecule has 13 heavy (non-hydrogen) atoms. The smallest absolute Gasteiger partial charge is 0.161 e. The van der Waals surface area contributed by atoms with Gasteiger partial charge >= 0.3 is 0 Å². The molecule has 0 spiro atoms. The lowest BCUT2D eigenvalue weighted by atomic mass is 10.0. The molecule has 0 heterocycles. The van der Waals surface area contributed by atoms with Crippen LogP contribution in [0.25, 0.3) is 6.08 Å². The molecule has 1 aromatic rings. The SMILES string of the molecule is C=Cc1cccc(C(C)=O)c1N=C. The average molecular weight is 173 g/mol. The summed E-state index contributed by atoms with van der Waals surface area (Å²) in [6.07, 6.45) is 1.66. The molecule has 0 bridgehead atoms. The summed E-state index contributed by atoms with van der Waals surface area (Å²) < 4.78 is 0. The van der Waals surface area contributed by atoms with Gasteiger partial charge in [0.2, 0.25) is 0 Å². The van der Waals surface area contributed by atoms with Crippen molar-refractivity contribution in [2.45, 2.75) is 6.92 Å². The Labute approximate surface area is 77.6 Å². The number of aliphatic imine (C=N–C) groups is 1. The van der Waals surface area contributed by atoms with Crippen LogP contribution in [0.15, 0.2) is 29.8 Å². The lowest BCUT2D eigenvalue weighted by molar-refractivity contribution is 0.101. The minimum Gasteiger partial charge on any atom is -0.294 e. The third-order valence-corrected chi connectivity index (χ3v) is 1.82. The highest BCUT2D eigenvalue weighted by atomic mass is 16.1. The minimum atomic E-state index is -0.00824. The van der Waals surface area contributed by atoms with Crippen molar-refractivity contribution in [3.63, 3.8) is 0 Å². The molecule has 0 radical (unpaired) electrons. The molecule has 0 aliphatic carbocycles. The Kier molecular flexibility index (Phi) is 2.75. The Hall–Kier alpha value is -1.70. The van der Waals surface area contributed by atoms with Crippen LogP contribution in [-0.4, -0.2) is 12.5 Å². The minimum absolute atomic E-state index is 0.00824. The highest BCUT2D eigenvalue weighted by molar-refractivity contribution is 6.00. The van der Waals surface area contributed by atoms with Crippen molar-refractivity contribution in [2.24, 2.45) is 4.99 Å². The topological polar surface area (TPSA) is 29.4 Å². The summed E-state index contributed by atoms with van der Waals surface area (Å²) in [5.74, 6) is -0.00824. The number of rotatable bonds is 3. The number of hydrogen-bond acceptors (Lipinski definition) is 2. The van der Waals surface area contributed by atoms with Crippen molar-refractivity contribution in [1.29, 1.82) is 0 Å². The molecule has 0 amide bonds. The van der Waals surface area contributed by atoms with Gasteiger partial charge in [-0.15, -0.1) is 0 Å². The maximum atomic E-state index is 11.2. The number of ketones is 1. The van der Waals surface area contributed by atoms with Crippen molar-refractivity contribution < 1.29 is 4.79 Å². The fourth-order valence-electron chi connectivity index (χ4n) is 1.19. The molecule has 2 nitrogen and oxygen atoms in total. The third kappa shape index (κ3) is 1.72. The van der Waals surface area contributed by atoms with Crippen molar-refractivity contribution >= 4 is 24.3 Å². The van der Waals surface area contributed by atoms with Gasteiger partial charge in [0.1, 0.15) is 0 Å². The molecule has 66 valence electrons. The fraction of sp³-hybridized carbons (Fsp3) is 0.0909. The van der Waals surface area contributed by atoms with Gasteiger partial charge in [-0.2, -0.15) is 0 Å². The molecule has 0 N–H and O–H groups in total. The summed E-state index contributed by atoms with van der Waals surface area (Å²) in [5, 5.41) is 0. The fourth-order valence-corrected chi connectivity index (χ4v) is 1.19. The van der Waals surface area contributed by atoms with Gasteiger partial charge in [0.25, 0.3) is 0 Å². The number of nitrogens with zero attached hydrogens (tertiary/aromatic N) is 1. The third-order valence-electron chi connectivity index (χ3n) is 1.82. The first-order chi connectivity index (χ1) is 6.20. The Bertz CT molecular complexity index is 366. The average Bonchev–Trinajstić information content (AvgIpc) is 2.16. The normalized spacial score (nSPS) is 9.31. The number of Topliss-reactive ketones (excluding diaryl/α,β-unsaturated/α-hetero) is 1. The zero-order chi connectivity index (χ0) is 9.84. The molecule has 0 aromatic heterocycles. The molecule has 1 rings (SSSR count). The highest BCUT2D eigenvalue weighted by Gasteiger charge is 2.07. The predicted octanol–water partition coefficient (Wildman–Crippen LogP) is 2.86. The van der Waals surface area contributed by atoms with E-state index in [0.29, 0.717) is 11.3 Å². The quantitative estimate of drug-likeness (QED) is 0.510. The second-order valence-electron chi connectivity index (χ2n) is 2.66. The van der Waals surface area contributed by atoms with Gasteiger partial charge in [-0.1, -0.05) is 24.8 Å². The van der Waals surface area contributed by atoms with Crippen LogP contribution in [-0.2, 0) is 0 Å². The van der Waals surface area contributed by atoms with Crippen LogP contribution >= 0.6 is 0 Å². The monoisotopic (exact) mass is 173 g/mol. The van der Waals surface area contributed by atoms with Gasteiger partial charge in [-0.05, 0) is 19.7 Å².